The Balaban J connectivity index is 2.04. The van der Waals surface area contributed by atoms with Gasteiger partial charge in [-0.25, -0.2) is 0 Å². The van der Waals surface area contributed by atoms with Gasteiger partial charge in [0.1, 0.15) is 0 Å². The van der Waals surface area contributed by atoms with Gasteiger partial charge in [0.15, 0.2) is 0 Å². The van der Waals surface area contributed by atoms with Gasteiger partial charge in [0.05, 0.1) is 13.5 Å². The lowest BCUT2D eigenvalue weighted by Crippen LogP contribution is -2.41. The van der Waals surface area contributed by atoms with Gasteiger partial charge in [-0.05, 0) is 33.0 Å². The SMILES string of the molecule is COC(=O)CCNC1CCN(C)CC1. The highest BCUT2D eigenvalue weighted by Gasteiger charge is 2.15. The van der Waals surface area contributed by atoms with E-state index in [0.29, 0.717) is 12.5 Å². The summed E-state index contributed by atoms with van der Waals surface area (Å²) in [4.78, 5) is 13.2. The second kappa shape index (κ2) is 5.98. The van der Waals surface area contributed by atoms with Gasteiger partial charge in [0, 0.05) is 12.6 Å². The van der Waals surface area contributed by atoms with E-state index in [9.17, 15) is 4.79 Å². The number of nitrogens with zero attached hydrogens (tertiary/aromatic N) is 1. The van der Waals surface area contributed by atoms with Crippen molar-refractivity contribution in [2.24, 2.45) is 0 Å². The molecule has 82 valence electrons. The maximum Gasteiger partial charge on any atom is 0.306 e. The molecule has 0 spiro atoms. The zero-order valence-electron chi connectivity index (χ0n) is 9.08. The zero-order chi connectivity index (χ0) is 10.4. The van der Waals surface area contributed by atoms with Crippen molar-refractivity contribution in [1.29, 1.82) is 0 Å². The first-order valence-corrected chi connectivity index (χ1v) is 5.21. The second-order valence-corrected chi connectivity index (χ2v) is 3.86. The van der Waals surface area contributed by atoms with Crippen molar-refractivity contribution < 1.29 is 9.53 Å². The molecule has 4 heteroatoms. The van der Waals surface area contributed by atoms with Crippen LogP contribution in [0.3, 0.4) is 0 Å². The smallest absolute Gasteiger partial charge is 0.306 e. The molecule has 1 saturated heterocycles. The molecule has 0 aliphatic carbocycles. The van der Waals surface area contributed by atoms with Gasteiger partial charge >= 0.3 is 5.97 Å². The fourth-order valence-electron chi connectivity index (χ4n) is 1.69. The molecule has 0 radical (unpaired) electrons. The zero-order valence-corrected chi connectivity index (χ0v) is 9.08. The molecule has 0 aromatic heterocycles. The first-order valence-electron chi connectivity index (χ1n) is 5.21. The van der Waals surface area contributed by atoms with Crippen molar-refractivity contribution in [3.63, 3.8) is 0 Å². The monoisotopic (exact) mass is 200 g/mol. The minimum atomic E-state index is -0.134. The Kier molecular flexibility index (Phi) is 4.90. The standard InChI is InChI=1S/C10H20N2O2/c1-12-7-4-9(5-8-12)11-6-3-10(13)14-2/h9,11H,3-8H2,1-2H3. The molecule has 0 bridgehead atoms. The highest BCUT2D eigenvalue weighted by Crippen LogP contribution is 2.07. The molecule has 0 saturated carbocycles. The summed E-state index contributed by atoms with van der Waals surface area (Å²) < 4.78 is 4.57. The minimum Gasteiger partial charge on any atom is -0.469 e. The van der Waals surface area contributed by atoms with Crippen LogP contribution < -0.4 is 5.32 Å². The molecule has 1 fully saturated rings. The number of nitrogens with one attached hydrogen (secondary N) is 1. The van der Waals surface area contributed by atoms with Crippen LogP contribution in [0.1, 0.15) is 19.3 Å². The number of carbonyl (C=O) groups excluding carboxylic acids is 1. The van der Waals surface area contributed by atoms with Gasteiger partial charge in [0.25, 0.3) is 0 Å². The summed E-state index contributed by atoms with van der Waals surface area (Å²) in [6, 6.07) is 0.579. The summed E-state index contributed by atoms with van der Waals surface area (Å²) in [5.41, 5.74) is 0. The van der Waals surface area contributed by atoms with E-state index in [1.54, 1.807) is 0 Å². The molecule has 1 aliphatic heterocycles. The highest BCUT2D eigenvalue weighted by molar-refractivity contribution is 5.69. The molecular weight excluding hydrogens is 180 g/mol. The van der Waals surface area contributed by atoms with Crippen LogP contribution in [-0.2, 0) is 9.53 Å². The number of esters is 1. The lowest BCUT2D eigenvalue weighted by molar-refractivity contribution is -0.140. The Morgan fingerprint density at radius 2 is 2.14 bits per heavy atom. The van der Waals surface area contributed by atoms with E-state index in [0.717, 1.165) is 19.6 Å². The molecular formula is C10H20N2O2. The Bertz CT molecular complexity index is 177. The van der Waals surface area contributed by atoms with Gasteiger partial charge in [-0.2, -0.15) is 0 Å². The fourth-order valence-corrected chi connectivity index (χ4v) is 1.69. The lowest BCUT2D eigenvalue weighted by Gasteiger charge is -2.29. The summed E-state index contributed by atoms with van der Waals surface area (Å²) in [5.74, 6) is -0.134. The number of likely N-dealkylation sites (tertiary alicyclic amines) is 1. The molecule has 1 aliphatic rings. The van der Waals surface area contributed by atoms with Crippen LogP contribution in [0.4, 0.5) is 0 Å². The van der Waals surface area contributed by atoms with Gasteiger partial charge in [-0.15, -0.1) is 0 Å². The Morgan fingerprint density at radius 3 is 2.71 bits per heavy atom. The molecule has 0 aromatic carbocycles. The second-order valence-electron chi connectivity index (χ2n) is 3.86. The predicted molar refractivity (Wildman–Crippen MR) is 55.2 cm³/mol. The number of hydrogen-bond acceptors (Lipinski definition) is 4. The molecule has 1 rings (SSSR count). The predicted octanol–water partition coefficient (Wildman–Crippen LogP) is 0.233. The van der Waals surface area contributed by atoms with Crippen LogP contribution in [0.5, 0.6) is 0 Å². The number of rotatable bonds is 4. The minimum absolute atomic E-state index is 0.134. The molecule has 0 unspecified atom stereocenters. The van der Waals surface area contributed by atoms with Crippen molar-refractivity contribution in [3.05, 3.63) is 0 Å². The van der Waals surface area contributed by atoms with E-state index in [-0.39, 0.29) is 5.97 Å². The number of piperidine rings is 1. The van der Waals surface area contributed by atoms with Crippen LogP contribution in [0.2, 0.25) is 0 Å². The van der Waals surface area contributed by atoms with E-state index in [4.69, 9.17) is 0 Å². The van der Waals surface area contributed by atoms with Crippen LogP contribution in [0.15, 0.2) is 0 Å². The van der Waals surface area contributed by atoms with Crippen LogP contribution in [-0.4, -0.2) is 50.7 Å². The normalized spacial score (nSPS) is 19.6. The average molecular weight is 200 g/mol. The molecule has 1 heterocycles. The van der Waals surface area contributed by atoms with E-state index in [2.05, 4.69) is 22.0 Å². The molecule has 0 aromatic rings. The van der Waals surface area contributed by atoms with Gasteiger partial charge < -0.3 is 15.0 Å². The van der Waals surface area contributed by atoms with Crippen LogP contribution in [0, 0.1) is 0 Å². The summed E-state index contributed by atoms with van der Waals surface area (Å²) in [5, 5.41) is 3.38. The summed E-state index contributed by atoms with van der Waals surface area (Å²) in [6.45, 7) is 3.03. The number of carbonyl (C=O) groups is 1. The molecule has 4 nitrogen and oxygen atoms in total. The first-order chi connectivity index (χ1) is 6.72. The fraction of sp³-hybridized carbons (Fsp3) is 0.900. The third-order valence-electron chi connectivity index (χ3n) is 2.71. The maximum absolute atomic E-state index is 10.8. The summed E-state index contributed by atoms with van der Waals surface area (Å²) >= 11 is 0. The largest absolute Gasteiger partial charge is 0.469 e. The van der Waals surface area contributed by atoms with E-state index >= 15 is 0 Å². The molecule has 0 atom stereocenters. The van der Waals surface area contributed by atoms with E-state index in [1.165, 1.54) is 20.0 Å². The molecule has 0 amide bonds. The Hall–Kier alpha value is -0.610. The van der Waals surface area contributed by atoms with Crippen molar-refractivity contribution in [2.45, 2.75) is 25.3 Å². The highest BCUT2D eigenvalue weighted by atomic mass is 16.5. The lowest BCUT2D eigenvalue weighted by atomic mass is 10.1. The summed E-state index contributed by atoms with van der Waals surface area (Å²) in [7, 11) is 3.57. The van der Waals surface area contributed by atoms with E-state index < -0.39 is 0 Å². The first kappa shape index (κ1) is 11.5. The van der Waals surface area contributed by atoms with Gasteiger partial charge in [-0.1, -0.05) is 0 Å². The quantitative estimate of drug-likeness (QED) is 0.660. The summed E-state index contributed by atoms with van der Waals surface area (Å²) in [6.07, 6.45) is 2.83. The van der Waals surface area contributed by atoms with Crippen molar-refractivity contribution >= 4 is 5.97 Å². The van der Waals surface area contributed by atoms with Gasteiger partial charge in [-0.3, -0.25) is 4.79 Å². The Morgan fingerprint density at radius 1 is 1.50 bits per heavy atom. The van der Waals surface area contributed by atoms with E-state index in [1.807, 2.05) is 0 Å². The number of ether oxygens (including phenoxy) is 1. The maximum atomic E-state index is 10.8. The number of hydrogen-bond donors (Lipinski definition) is 1. The number of methoxy groups -OCH3 is 1. The topological polar surface area (TPSA) is 41.6 Å². The third-order valence-corrected chi connectivity index (χ3v) is 2.71. The van der Waals surface area contributed by atoms with Crippen LogP contribution >= 0.6 is 0 Å². The van der Waals surface area contributed by atoms with Crippen molar-refractivity contribution in [1.82, 2.24) is 10.2 Å². The Labute approximate surface area is 85.6 Å². The van der Waals surface area contributed by atoms with Crippen LogP contribution in [0.25, 0.3) is 0 Å². The van der Waals surface area contributed by atoms with Crippen molar-refractivity contribution in [2.75, 3.05) is 33.8 Å². The molecule has 14 heavy (non-hydrogen) atoms. The average Bonchev–Trinajstić information content (AvgIpc) is 2.21. The molecule has 1 N–H and O–H groups in total. The van der Waals surface area contributed by atoms with Crippen molar-refractivity contribution in [3.8, 4) is 0 Å². The third kappa shape index (κ3) is 4.07. The van der Waals surface area contributed by atoms with Gasteiger partial charge in [0.2, 0.25) is 0 Å².